The van der Waals surface area contributed by atoms with Gasteiger partial charge in [0.05, 0.1) is 12.3 Å². The maximum Gasteiger partial charge on any atom is 0.130 e. The van der Waals surface area contributed by atoms with Gasteiger partial charge in [0.1, 0.15) is 10.9 Å². The molecule has 114 valence electrons. The number of rotatable bonds is 7. The molecule has 0 bridgehead atoms. The number of nitrogens with one attached hydrogen (secondary N) is 1. The van der Waals surface area contributed by atoms with Crippen molar-refractivity contribution in [1.29, 1.82) is 0 Å². The highest BCUT2D eigenvalue weighted by Crippen LogP contribution is 2.21. The first kappa shape index (κ1) is 15.9. The smallest absolute Gasteiger partial charge is 0.130 e. The minimum Gasteiger partial charge on any atom is -0.494 e. The second-order valence-corrected chi connectivity index (χ2v) is 5.48. The average molecular weight is 308 g/mol. The number of ether oxygens (including phenoxy) is 1. The molecule has 5 heteroatoms. The third kappa shape index (κ3) is 4.22. The third-order valence-corrected chi connectivity index (χ3v) is 4.08. The van der Waals surface area contributed by atoms with Gasteiger partial charge in [-0.25, -0.2) is 0 Å². The molecule has 4 nitrogen and oxygen atoms in total. The van der Waals surface area contributed by atoms with Gasteiger partial charge >= 0.3 is 0 Å². The van der Waals surface area contributed by atoms with Gasteiger partial charge in [-0.2, -0.15) is 5.10 Å². The van der Waals surface area contributed by atoms with E-state index in [4.69, 9.17) is 16.3 Å². The highest BCUT2D eigenvalue weighted by atomic mass is 35.5. The summed E-state index contributed by atoms with van der Waals surface area (Å²) in [4.78, 5) is 0. The number of para-hydroxylation sites is 1. The Morgan fingerprint density at radius 2 is 2.05 bits per heavy atom. The van der Waals surface area contributed by atoms with E-state index in [2.05, 4.69) is 10.4 Å². The molecule has 1 aromatic carbocycles. The van der Waals surface area contributed by atoms with Gasteiger partial charge in [0.25, 0.3) is 0 Å². The molecule has 2 rings (SSSR count). The van der Waals surface area contributed by atoms with Gasteiger partial charge < -0.3 is 10.1 Å². The van der Waals surface area contributed by atoms with Crippen LogP contribution in [0.5, 0.6) is 5.75 Å². The van der Waals surface area contributed by atoms with E-state index < -0.39 is 0 Å². The monoisotopic (exact) mass is 307 g/mol. The molecule has 1 N–H and O–H groups in total. The zero-order chi connectivity index (χ0) is 15.2. The predicted molar refractivity (Wildman–Crippen MR) is 86.1 cm³/mol. The van der Waals surface area contributed by atoms with E-state index in [-0.39, 0.29) is 0 Å². The predicted octanol–water partition coefficient (Wildman–Crippen LogP) is 2.98. The molecule has 0 aliphatic rings. The lowest BCUT2D eigenvalue weighted by molar-refractivity contribution is 0.288. The molecule has 1 aromatic heterocycles. The van der Waals surface area contributed by atoms with Crippen molar-refractivity contribution < 1.29 is 4.74 Å². The fourth-order valence-electron chi connectivity index (χ4n) is 2.34. The molecular formula is C16H22ClN3O. The van der Waals surface area contributed by atoms with E-state index in [0.29, 0.717) is 12.6 Å². The Kier molecular flexibility index (Phi) is 5.65. The van der Waals surface area contributed by atoms with Crippen LogP contribution in [0.2, 0.25) is 5.15 Å². The normalized spacial score (nSPS) is 12.4. The molecule has 0 saturated carbocycles. The second kappa shape index (κ2) is 7.48. The van der Waals surface area contributed by atoms with Crippen molar-refractivity contribution in [2.75, 3.05) is 13.7 Å². The first-order valence-corrected chi connectivity index (χ1v) is 7.52. The molecular weight excluding hydrogens is 286 g/mol. The molecule has 21 heavy (non-hydrogen) atoms. The lowest BCUT2D eigenvalue weighted by Crippen LogP contribution is -2.29. The molecule has 0 spiro atoms. The average Bonchev–Trinajstić information content (AvgIpc) is 2.73. The topological polar surface area (TPSA) is 39.1 Å². The van der Waals surface area contributed by atoms with Gasteiger partial charge in [-0.1, -0.05) is 29.8 Å². The molecule has 1 atom stereocenters. The summed E-state index contributed by atoms with van der Waals surface area (Å²) in [7, 11) is 3.83. The summed E-state index contributed by atoms with van der Waals surface area (Å²) in [5.74, 6) is 0.906. The van der Waals surface area contributed by atoms with Crippen LogP contribution in [0.1, 0.15) is 17.7 Å². The van der Waals surface area contributed by atoms with Crippen LogP contribution < -0.4 is 10.1 Å². The van der Waals surface area contributed by atoms with E-state index >= 15 is 0 Å². The van der Waals surface area contributed by atoms with Gasteiger partial charge in [0.2, 0.25) is 0 Å². The Bertz CT molecular complexity index is 568. The Hall–Kier alpha value is -1.52. The Morgan fingerprint density at radius 3 is 2.62 bits per heavy atom. The van der Waals surface area contributed by atoms with Crippen LogP contribution in [0, 0.1) is 6.92 Å². The number of aryl methyl sites for hydroxylation is 2. The van der Waals surface area contributed by atoms with Crippen molar-refractivity contribution in [2.45, 2.75) is 25.8 Å². The van der Waals surface area contributed by atoms with Crippen molar-refractivity contribution in [3.8, 4) is 5.75 Å². The summed E-state index contributed by atoms with van der Waals surface area (Å²) < 4.78 is 7.47. The summed E-state index contributed by atoms with van der Waals surface area (Å²) in [5.41, 5.74) is 2.10. The zero-order valence-corrected chi connectivity index (χ0v) is 13.5. The minimum atomic E-state index is 0.314. The number of hydrogen-bond acceptors (Lipinski definition) is 3. The number of hydrogen-bond donors (Lipinski definition) is 1. The van der Waals surface area contributed by atoms with Crippen LogP contribution in [0.3, 0.4) is 0 Å². The molecule has 0 amide bonds. The van der Waals surface area contributed by atoms with Gasteiger partial charge in [-0.05, 0) is 38.9 Å². The van der Waals surface area contributed by atoms with Crippen molar-refractivity contribution >= 4 is 11.6 Å². The van der Waals surface area contributed by atoms with Crippen LogP contribution in [0.15, 0.2) is 30.3 Å². The highest BCUT2D eigenvalue weighted by molar-refractivity contribution is 6.30. The van der Waals surface area contributed by atoms with Crippen molar-refractivity contribution in [1.82, 2.24) is 15.1 Å². The molecule has 1 heterocycles. The van der Waals surface area contributed by atoms with Gasteiger partial charge in [-0.3, -0.25) is 4.68 Å². The van der Waals surface area contributed by atoms with Gasteiger partial charge in [-0.15, -0.1) is 0 Å². The molecule has 0 saturated heterocycles. The maximum absolute atomic E-state index is 6.29. The van der Waals surface area contributed by atoms with E-state index in [1.807, 2.05) is 51.4 Å². The standard InChI is InChI=1S/C16H22ClN3O/c1-12-15(16(17)20(3)19-12)11-13(18-2)9-10-21-14-7-5-4-6-8-14/h4-8,13,18H,9-11H2,1-3H3. The minimum absolute atomic E-state index is 0.314. The molecule has 0 aliphatic carbocycles. The van der Waals surface area contributed by atoms with Crippen LogP contribution in [-0.2, 0) is 13.5 Å². The summed E-state index contributed by atoms with van der Waals surface area (Å²) in [5, 5.41) is 8.40. The molecule has 0 radical (unpaired) electrons. The lowest BCUT2D eigenvalue weighted by Gasteiger charge is -2.16. The van der Waals surface area contributed by atoms with Crippen LogP contribution in [-0.4, -0.2) is 29.5 Å². The number of nitrogens with zero attached hydrogens (tertiary/aromatic N) is 2. The zero-order valence-electron chi connectivity index (χ0n) is 12.8. The van der Waals surface area contributed by atoms with Crippen LogP contribution in [0.25, 0.3) is 0 Å². The molecule has 0 aliphatic heterocycles. The summed E-state index contributed by atoms with van der Waals surface area (Å²) in [6.07, 6.45) is 1.77. The van der Waals surface area contributed by atoms with Crippen LogP contribution >= 0.6 is 11.6 Å². The quantitative estimate of drug-likeness (QED) is 0.855. The van der Waals surface area contributed by atoms with E-state index in [1.165, 1.54) is 0 Å². The number of aromatic nitrogens is 2. The number of halogens is 1. The Morgan fingerprint density at radius 1 is 1.33 bits per heavy atom. The lowest BCUT2D eigenvalue weighted by atomic mass is 10.0. The first-order valence-electron chi connectivity index (χ1n) is 7.15. The van der Waals surface area contributed by atoms with Crippen molar-refractivity contribution in [2.24, 2.45) is 7.05 Å². The van der Waals surface area contributed by atoms with Crippen molar-refractivity contribution in [3.63, 3.8) is 0 Å². The van der Waals surface area contributed by atoms with Gasteiger partial charge in [0.15, 0.2) is 0 Å². The van der Waals surface area contributed by atoms with Crippen molar-refractivity contribution in [3.05, 3.63) is 46.7 Å². The second-order valence-electron chi connectivity index (χ2n) is 5.12. The first-order chi connectivity index (χ1) is 10.1. The van der Waals surface area contributed by atoms with E-state index in [1.54, 1.807) is 4.68 Å². The van der Waals surface area contributed by atoms with Crippen LogP contribution in [0.4, 0.5) is 0 Å². The van der Waals surface area contributed by atoms with Gasteiger partial charge in [0, 0.05) is 18.7 Å². The fourth-order valence-corrected chi connectivity index (χ4v) is 2.59. The summed E-state index contributed by atoms with van der Waals surface area (Å²) in [6, 6.07) is 10.2. The third-order valence-electron chi connectivity index (χ3n) is 3.61. The molecule has 2 aromatic rings. The fraction of sp³-hybridized carbons (Fsp3) is 0.438. The SMILES string of the molecule is CNC(CCOc1ccccc1)Cc1c(C)nn(C)c1Cl. The Labute approximate surface area is 131 Å². The number of likely N-dealkylation sites (N-methyl/N-ethyl adjacent to an activating group) is 1. The van der Waals surface area contributed by atoms with E-state index in [9.17, 15) is 0 Å². The molecule has 0 fully saturated rings. The summed E-state index contributed by atoms with van der Waals surface area (Å²) in [6.45, 7) is 2.67. The highest BCUT2D eigenvalue weighted by Gasteiger charge is 2.16. The Balaban J connectivity index is 1.88. The van der Waals surface area contributed by atoms with E-state index in [0.717, 1.165) is 35.0 Å². The largest absolute Gasteiger partial charge is 0.494 e. The molecule has 1 unspecified atom stereocenters. The number of benzene rings is 1. The summed E-state index contributed by atoms with van der Waals surface area (Å²) >= 11 is 6.29. The maximum atomic E-state index is 6.29.